The fourth-order valence-electron chi connectivity index (χ4n) is 1.97. The Balaban J connectivity index is 2.22. The lowest BCUT2D eigenvalue weighted by Crippen LogP contribution is -2.22. The van der Waals surface area contributed by atoms with E-state index in [1.807, 2.05) is 44.2 Å². The molecule has 0 atom stereocenters. The number of hydrazone groups is 1. The van der Waals surface area contributed by atoms with Crippen molar-refractivity contribution in [2.75, 3.05) is 0 Å². The van der Waals surface area contributed by atoms with Gasteiger partial charge in [-0.2, -0.15) is 5.10 Å². The number of aromatic hydroxyl groups is 1. The van der Waals surface area contributed by atoms with Crippen molar-refractivity contribution in [2.45, 2.75) is 13.8 Å². The van der Waals surface area contributed by atoms with Crippen LogP contribution < -0.4 is 5.43 Å². The topological polar surface area (TPSA) is 61.7 Å². The molecule has 4 heteroatoms. The van der Waals surface area contributed by atoms with Crippen LogP contribution in [0.2, 0.25) is 0 Å². The molecular weight excluding hydrogens is 264 g/mol. The lowest BCUT2D eigenvalue weighted by Gasteiger charge is -2.11. The average Bonchev–Trinajstić information content (AvgIpc) is 2.48. The van der Waals surface area contributed by atoms with Gasteiger partial charge in [-0.15, -0.1) is 0 Å². The second-order valence-corrected chi connectivity index (χ2v) is 4.98. The van der Waals surface area contributed by atoms with Gasteiger partial charge in [0.05, 0.1) is 11.3 Å². The fraction of sp³-hybridized carbons (Fsp3) is 0.176. The molecule has 2 aromatic carbocycles. The van der Waals surface area contributed by atoms with E-state index in [0.29, 0.717) is 0 Å². The normalized spacial score (nSPS) is 11.5. The predicted molar refractivity (Wildman–Crippen MR) is 83.4 cm³/mol. The van der Waals surface area contributed by atoms with Crippen LogP contribution in [0.4, 0.5) is 0 Å². The van der Waals surface area contributed by atoms with Crippen LogP contribution in [0.5, 0.6) is 5.75 Å². The Morgan fingerprint density at radius 2 is 1.67 bits per heavy atom. The first kappa shape index (κ1) is 14.8. The summed E-state index contributed by atoms with van der Waals surface area (Å²) in [5.41, 5.74) is 4.47. The van der Waals surface area contributed by atoms with Crippen molar-refractivity contribution in [1.29, 1.82) is 0 Å². The summed E-state index contributed by atoms with van der Waals surface area (Å²) < 4.78 is 0. The smallest absolute Gasteiger partial charge is 0.275 e. The third-order valence-electron chi connectivity index (χ3n) is 3.04. The third-order valence-corrected chi connectivity index (χ3v) is 3.04. The highest BCUT2D eigenvalue weighted by Gasteiger charge is 2.12. The Bertz CT molecular complexity index is 649. The summed E-state index contributed by atoms with van der Waals surface area (Å²) in [5.74, 6) is -0.324. The van der Waals surface area contributed by atoms with Crippen LogP contribution in [-0.2, 0) is 0 Å². The molecule has 2 N–H and O–H groups in total. The van der Waals surface area contributed by atoms with Gasteiger partial charge in [-0.05, 0) is 23.6 Å². The number of amides is 1. The molecule has 0 aliphatic carbocycles. The number of nitrogens with zero attached hydrogens (tertiary/aromatic N) is 1. The Morgan fingerprint density at radius 1 is 1.05 bits per heavy atom. The molecule has 0 aliphatic heterocycles. The lowest BCUT2D eigenvalue weighted by molar-refractivity contribution is 0.0952. The van der Waals surface area contributed by atoms with Crippen LogP contribution in [-0.4, -0.2) is 16.7 Å². The molecule has 0 fully saturated rings. The minimum absolute atomic E-state index is 0.0593. The number of carbonyl (C=O) groups is 1. The van der Waals surface area contributed by atoms with Gasteiger partial charge in [0.1, 0.15) is 5.75 Å². The van der Waals surface area contributed by atoms with E-state index in [-0.39, 0.29) is 17.2 Å². The van der Waals surface area contributed by atoms with Crippen molar-refractivity contribution in [3.8, 4) is 5.75 Å². The van der Waals surface area contributed by atoms with Crippen LogP contribution in [0.3, 0.4) is 0 Å². The number of carbonyl (C=O) groups excluding carboxylic acids is 1. The summed E-state index contributed by atoms with van der Waals surface area (Å²) in [6.07, 6.45) is 0. The van der Waals surface area contributed by atoms with Crippen LogP contribution in [0.15, 0.2) is 59.7 Å². The molecule has 0 aromatic heterocycles. The molecule has 0 saturated carbocycles. The highest BCUT2D eigenvalue weighted by molar-refractivity contribution is 6.03. The number of nitrogens with one attached hydrogen (secondary N) is 1. The van der Waals surface area contributed by atoms with Crippen molar-refractivity contribution >= 4 is 11.6 Å². The fourth-order valence-corrected chi connectivity index (χ4v) is 1.97. The maximum absolute atomic E-state index is 12.0. The standard InChI is InChI=1S/C17H18N2O2/c1-12(2)16(13-8-4-3-5-9-13)18-19-17(21)14-10-6-7-11-15(14)20/h3-12,20H,1-2H3,(H,19,21)/b18-16-. The minimum atomic E-state index is -0.429. The number of benzene rings is 2. The van der Waals surface area contributed by atoms with Gasteiger partial charge >= 0.3 is 0 Å². The number of rotatable bonds is 4. The molecule has 2 rings (SSSR count). The number of phenolic OH excluding ortho intramolecular Hbond substituents is 1. The second kappa shape index (κ2) is 6.70. The molecular formula is C17H18N2O2. The number of hydrogen-bond donors (Lipinski definition) is 2. The monoisotopic (exact) mass is 282 g/mol. The summed E-state index contributed by atoms with van der Waals surface area (Å²) in [5, 5.41) is 13.9. The number of para-hydroxylation sites is 1. The maximum atomic E-state index is 12.0. The van der Waals surface area contributed by atoms with Gasteiger partial charge in [0, 0.05) is 0 Å². The molecule has 0 saturated heterocycles. The van der Waals surface area contributed by atoms with Crippen LogP contribution in [0.1, 0.15) is 29.8 Å². The molecule has 0 unspecified atom stereocenters. The Labute approximate surface area is 124 Å². The zero-order valence-electron chi connectivity index (χ0n) is 12.1. The van der Waals surface area contributed by atoms with E-state index in [1.54, 1.807) is 18.2 Å². The highest BCUT2D eigenvalue weighted by Crippen LogP contribution is 2.15. The Kier molecular flexibility index (Phi) is 4.72. The van der Waals surface area contributed by atoms with Crippen LogP contribution >= 0.6 is 0 Å². The molecule has 2 aromatic rings. The van der Waals surface area contributed by atoms with E-state index in [9.17, 15) is 9.90 Å². The molecule has 0 aliphatic rings. The number of phenols is 1. The van der Waals surface area contributed by atoms with Crippen LogP contribution in [0.25, 0.3) is 0 Å². The SMILES string of the molecule is CC(C)/C(=N/NC(=O)c1ccccc1O)c1ccccc1. The Hall–Kier alpha value is -2.62. The van der Waals surface area contributed by atoms with Gasteiger partial charge in [0.2, 0.25) is 0 Å². The van der Waals surface area contributed by atoms with Crippen molar-refractivity contribution in [3.05, 3.63) is 65.7 Å². The van der Waals surface area contributed by atoms with Gasteiger partial charge in [0.25, 0.3) is 5.91 Å². The Morgan fingerprint density at radius 3 is 2.29 bits per heavy atom. The van der Waals surface area contributed by atoms with E-state index in [2.05, 4.69) is 10.5 Å². The quantitative estimate of drug-likeness (QED) is 0.668. The first-order valence-electron chi connectivity index (χ1n) is 6.81. The predicted octanol–water partition coefficient (Wildman–Crippen LogP) is 3.18. The van der Waals surface area contributed by atoms with E-state index in [0.717, 1.165) is 11.3 Å². The molecule has 0 spiro atoms. The zero-order valence-corrected chi connectivity index (χ0v) is 12.1. The molecule has 108 valence electrons. The van der Waals surface area contributed by atoms with Gasteiger partial charge in [0.15, 0.2) is 0 Å². The van der Waals surface area contributed by atoms with Gasteiger partial charge in [-0.3, -0.25) is 4.79 Å². The second-order valence-electron chi connectivity index (χ2n) is 4.98. The van der Waals surface area contributed by atoms with Crippen molar-refractivity contribution < 1.29 is 9.90 Å². The summed E-state index contributed by atoms with van der Waals surface area (Å²) >= 11 is 0. The van der Waals surface area contributed by atoms with Crippen molar-refractivity contribution in [1.82, 2.24) is 5.43 Å². The molecule has 0 heterocycles. The van der Waals surface area contributed by atoms with Gasteiger partial charge in [-0.25, -0.2) is 5.43 Å². The van der Waals surface area contributed by atoms with Crippen LogP contribution in [0, 0.1) is 5.92 Å². The maximum Gasteiger partial charge on any atom is 0.275 e. The molecule has 0 bridgehead atoms. The van der Waals surface area contributed by atoms with E-state index in [4.69, 9.17) is 0 Å². The van der Waals surface area contributed by atoms with E-state index in [1.165, 1.54) is 6.07 Å². The summed E-state index contributed by atoms with van der Waals surface area (Å²) in [7, 11) is 0. The van der Waals surface area contributed by atoms with E-state index >= 15 is 0 Å². The largest absolute Gasteiger partial charge is 0.507 e. The van der Waals surface area contributed by atoms with Crippen molar-refractivity contribution in [2.24, 2.45) is 11.0 Å². The molecule has 0 radical (unpaired) electrons. The third kappa shape index (κ3) is 3.69. The first-order valence-corrected chi connectivity index (χ1v) is 6.81. The van der Waals surface area contributed by atoms with E-state index < -0.39 is 5.91 Å². The summed E-state index contributed by atoms with van der Waals surface area (Å²) in [6, 6.07) is 16.1. The molecule has 21 heavy (non-hydrogen) atoms. The number of hydrogen-bond acceptors (Lipinski definition) is 3. The van der Waals surface area contributed by atoms with Gasteiger partial charge < -0.3 is 5.11 Å². The molecule has 1 amide bonds. The highest BCUT2D eigenvalue weighted by atomic mass is 16.3. The summed E-state index contributed by atoms with van der Waals surface area (Å²) in [4.78, 5) is 12.0. The minimum Gasteiger partial charge on any atom is -0.507 e. The first-order chi connectivity index (χ1) is 10.1. The zero-order chi connectivity index (χ0) is 15.2. The summed E-state index contributed by atoms with van der Waals surface area (Å²) in [6.45, 7) is 4.02. The van der Waals surface area contributed by atoms with Gasteiger partial charge in [-0.1, -0.05) is 56.3 Å². The average molecular weight is 282 g/mol. The lowest BCUT2D eigenvalue weighted by atomic mass is 10.0. The molecule has 4 nitrogen and oxygen atoms in total. The van der Waals surface area contributed by atoms with Crippen molar-refractivity contribution in [3.63, 3.8) is 0 Å².